The average molecular weight is 434 g/mol. The number of piperidine rings is 1. The zero-order valence-corrected chi connectivity index (χ0v) is 18.7. The fourth-order valence-corrected chi connectivity index (χ4v) is 4.20. The summed E-state index contributed by atoms with van der Waals surface area (Å²) in [4.78, 5) is 6.91. The van der Waals surface area contributed by atoms with Gasteiger partial charge in [0.15, 0.2) is 0 Å². The summed E-state index contributed by atoms with van der Waals surface area (Å²) in [6, 6.07) is 11.2. The van der Waals surface area contributed by atoms with E-state index in [9.17, 15) is 5.11 Å². The molecule has 1 fully saturated rings. The third-order valence-electron chi connectivity index (χ3n) is 5.97. The van der Waals surface area contributed by atoms with E-state index in [4.69, 9.17) is 20.9 Å². The van der Waals surface area contributed by atoms with Gasteiger partial charge >= 0.3 is 0 Å². The lowest BCUT2D eigenvalue weighted by Gasteiger charge is -2.32. The summed E-state index contributed by atoms with van der Waals surface area (Å²) in [5.41, 5.74) is 9.14. The van der Waals surface area contributed by atoms with Gasteiger partial charge in [0.25, 0.3) is 0 Å². The number of nitrogens with zero attached hydrogens (tertiary/aromatic N) is 3. The maximum absolute atomic E-state index is 10.0. The van der Waals surface area contributed by atoms with E-state index in [-0.39, 0.29) is 11.9 Å². The molecule has 0 unspecified atom stereocenters. The molecule has 1 aliphatic heterocycles. The Balaban J connectivity index is 1.49. The van der Waals surface area contributed by atoms with E-state index in [2.05, 4.69) is 22.5 Å². The first-order valence-electron chi connectivity index (χ1n) is 11.2. The number of benzene rings is 2. The van der Waals surface area contributed by atoms with Crippen molar-refractivity contribution in [3.63, 3.8) is 0 Å². The summed E-state index contributed by atoms with van der Waals surface area (Å²) in [6.45, 7) is 6.32. The number of aromatic nitrogens is 2. The van der Waals surface area contributed by atoms with Crippen LogP contribution in [0.3, 0.4) is 0 Å². The molecule has 7 heteroatoms. The van der Waals surface area contributed by atoms with Gasteiger partial charge in [-0.1, -0.05) is 19.1 Å². The van der Waals surface area contributed by atoms with E-state index in [1.54, 1.807) is 18.2 Å². The highest BCUT2D eigenvalue weighted by Crippen LogP contribution is 2.26. The number of nitrogen functional groups attached to an aromatic ring is 1. The Morgan fingerprint density at radius 2 is 2.03 bits per heavy atom. The van der Waals surface area contributed by atoms with Gasteiger partial charge < -0.3 is 25.0 Å². The number of likely N-dealkylation sites (tertiary alicyclic amines) is 1. The summed E-state index contributed by atoms with van der Waals surface area (Å²) >= 11 is 0. The van der Waals surface area contributed by atoms with Crippen LogP contribution in [0.15, 0.2) is 42.5 Å². The second-order valence-corrected chi connectivity index (χ2v) is 8.25. The number of phenols is 1. The number of hydrogen-bond acceptors (Lipinski definition) is 5. The molecule has 3 aromatic rings. The Kier molecular flexibility index (Phi) is 6.35. The normalized spacial score (nSPS) is 15.0. The number of imidazole rings is 1. The number of anilines is 1. The van der Waals surface area contributed by atoms with Crippen LogP contribution in [0, 0.1) is 5.41 Å². The van der Waals surface area contributed by atoms with Gasteiger partial charge in [-0.2, -0.15) is 0 Å². The molecular formula is C25H31N5O2. The lowest BCUT2D eigenvalue weighted by molar-refractivity contribution is 0.130. The second kappa shape index (κ2) is 9.34. The lowest BCUT2D eigenvalue weighted by atomic mass is 10.1. The Morgan fingerprint density at radius 3 is 2.75 bits per heavy atom. The molecule has 4 N–H and O–H groups in total. The SMILES string of the molecule is CCc1nc2cc(OC3CCN(C(C)=N)CC3)ccc2n1C/C=C/c1cc(N)ccc1O. The Morgan fingerprint density at radius 1 is 1.25 bits per heavy atom. The number of aromatic hydroxyl groups is 1. The van der Waals surface area contributed by atoms with Crippen LogP contribution in [0.2, 0.25) is 0 Å². The van der Waals surface area contributed by atoms with E-state index in [1.165, 1.54) is 0 Å². The molecule has 0 amide bonds. The average Bonchev–Trinajstić information content (AvgIpc) is 3.13. The van der Waals surface area contributed by atoms with Crippen LogP contribution < -0.4 is 10.5 Å². The highest BCUT2D eigenvalue weighted by molar-refractivity contribution is 5.78. The molecule has 1 aromatic heterocycles. The number of rotatable bonds is 6. The zero-order valence-electron chi connectivity index (χ0n) is 18.7. The van der Waals surface area contributed by atoms with E-state index < -0.39 is 0 Å². The van der Waals surface area contributed by atoms with Crippen molar-refractivity contribution in [2.45, 2.75) is 45.8 Å². The van der Waals surface area contributed by atoms with E-state index in [0.29, 0.717) is 23.6 Å². The first kappa shape index (κ1) is 21.7. The molecule has 0 aliphatic carbocycles. The van der Waals surface area contributed by atoms with Crippen LogP contribution in [0.25, 0.3) is 17.1 Å². The molecule has 4 rings (SSSR count). The summed E-state index contributed by atoms with van der Waals surface area (Å²) < 4.78 is 8.42. The van der Waals surface area contributed by atoms with Gasteiger partial charge in [-0.05, 0) is 37.3 Å². The third kappa shape index (κ3) is 4.72. The first-order chi connectivity index (χ1) is 15.4. The van der Waals surface area contributed by atoms with Gasteiger partial charge in [-0.3, -0.25) is 5.41 Å². The molecule has 1 aliphatic rings. The molecule has 32 heavy (non-hydrogen) atoms. The molecule has 0 bridgehead atoms. The Bertz CT molecular complexity index is 1140. The number of nitrogens with one attached hydrogen (secondary N) is 1. The molecule has 2 heterocycles. The topological polar surface area (TPSA) is 100 Å². The van der Waals surface area contributed by atoms with Crippen molar-refractivity contribution in [3.05, 3.63) is 53.9 Å². The van der Waals surface area contributed by atoms with Gasteiger partial charge in [0.2, 0.25) is 0 Å². The highest BCUT2D eigenvalue weighted by Gasteiger charge is 2.21. The summed E-state index contributed by atoms with van der Waals surface area (Å²) in [6.07, 6.45) is 6.73. The van der Waals surface area contributed by atoms with Crippen molar-refractivity contribution in [2.24, 2.45) is 0 Å². The number of amidine groups is 1. The van der Waals surface area contributed by atoms with Crippen LogP contribution in [0.4, 0.5) is 5.69 Å². The molecule has 1 saturated heterocycles. The third-order valence-corrected chi connectivity index (χ3v) is 5.97. The lowest BCUT2D eigenvalue weighted by Crippen LogP contribution is -2.40. The standard InChI is InChI=1S/C25H31N5O2/c1-3-25-28-22-16-21(32-20-10-13-29(14-11-20)17(2)26)7-8-23(22)30(25)12-4-5-18-15-19(27)6-9-24(18)31/h4-9,15-16,20,26,31H,3,10-14,27H2,1-2H3/b5-4+,26-17?. The van der Waals surface area contributed by atoms with Crippen molar-refractivity contribution in [2.75, 3.05) is 18.8 Å². The number of aryl methyl sites for hydroxylation is 1. The van der Waals surface area contributed by atoms with Gasteiger partial charge in [0.05, 0.1) is 16.9 Å². The summed E-state index contributed by atoms with van der Waals surface area (Å²) in [5.74, 6) is 2.69. The smallest absolute Gasteiger partial charge is 0.122 e. The summed E-state index contributed by atoms with van der Waals surface area (Å²) in [7, 11) is 0. The fraction of sp³-hybridized carbons (Fsp3) is 0.360. The zero-order chi connectivity index (χ0) is 22.7. The van der Waals surface area contributed by atoms with E-state index in [0.717, 1.165) is 55.0 Å². The number of nitrogens with two attached hydrogens (primary N) is 1. The maximum atomic E-state index is 10.0. The molecule has 168 valence electrons. The Hall–Kier alpha value is -3.48. The predicted octanol–water partition coefficient (Wildman–Crippen LogP) is 4.44. The second-order valence-electron chi connectivity index (χ2n) is 8.25. The molecule has 0 radical (unpaired) electrons. The van der Waals surface area contributed by atoms with E-state index in [1.807, 2.05) is 31.2 Å². The monoisotopic (exact) mass is 433 g/mol. The van der Waals surface area contributed by atoms with Gasteiger partial charge in [-0.25, -0.2) is 4.98 Å². The Labute approximate surface area is 188 Å². The number of hydrogen-bond donors (Lipinski definition) is 3. The molecule has 0 atom stereocenters. The van der Waals surface area contributed by atoms with Gasteiger partial charge in [-0.15, -0.1) is 0 Å². The van der Waals surface area contributed by atoms with Crippen LogP contribution in [0.1, 0.15) is 38.1 Å². The minimum atomic E-state index is 0.171. The molecule has 0 saturated carbocycles. The fourth-order valence-electron chi connectivity index (χ4n) is 4.20. The van der Waals surface area contributed by atoms with Crippen molar-refractivity contribution in [3.8, 4) is 11.5 Å². The number of fused-ring (bicyclic) bond motifs is 1. The molecule has 0 spiro atoms. The quantitative estimate of drug-likeness (QED) is 0.231. The molecular weight excluding hydrogens is 402 g/mol. The van der Waals surface area contributed by atoms with Crippen LogP contribution >= 0.6 is 0 Å². The van der Waals surface area contributed by atoms with Gasteiger partial charge in [0.1, 0.15) is 23.4 Å². The molecule has 2 aromatic carbocycles. The van der Waals surface area contributed by atoms with E-state index >= 15 is 0 Å². The number of phenolic OH excluding ortho intramolecular Hbond substituents is 1. The molecule has 7 nitrogen and oxygen atoms in total. The van der Waals surface area contributed by atoms with Crippen molar-refractivity contribution >= 4 is 28.6 Å². The first-order valence-corrected chi connectivity index (χ1v) is 11.2. The van der Waals surface area contributed by atoms with Crippen molar-refractivity contribution in [1.29, 1.82) is 5.41 Å². The van der Waals surface area contributed by atoms with Crippen LogP contribution in [0.5, 0.6) is 11.5 Å². The number of ether oxygens (including phenoxy) is 1. The van der Waals surface area contributed by atoms with Crippen molar-refractivity contribution in [1.82, 2.24) is 14.5 Å². The van der Waals surface area contributed by atoms with Gasteiger partial charge in [0, 0.05) is 56.2 Å². The minimum absolute atomic E-state index is 0.171. The largest absolute Gasteiger partial charge is 0.507 e. The predicted molar refractivity (Wildman–Crippen MR) is 129 cm³/mol. The minimum Gasteiger partial charge on any atom is -0.507 e. The van der Waals surface area contributed by atoms with Crippen LogP contribution in [-0.4, -0.2) is 44.6 Å². The number of allylic oxidation sites excluding steroid dienone is 1. The van der Waals surface area contributed by atoms with Crippen LogP contribution in [-0.2, 0) is 13.0 Å². The summed E-state index contributed by atoms with van der Waals surface area (Å²) in [5, 5.41) is 17.8. The van der Waals surface area contributed by atoms with Crippen molar-refractivity contribution < 1.29 is 9.84 Å². The highest BCUT2D eigenvalue weighted by atomic mass is 16.5. The maximum Gasteiger partial charge on any atom is 0.122 e.